The van der Waals surface area contributed by atoms with Crippen LogP contribution in [0.3, 0.4) is 0 Å². The Hall–Kier alpha value is -3.86. The summed E-state index contributed by atoms with van der Waals surface area (Å²) >= 11 is 0. The normalized spacial score (nSPS) is 20.4. The number of hydrogen-bond donors (Lipinski definition) is 1. The number of hydrogen-bond acceptors (Lipinski definition) is 6. The summed E-state index contributed by atoms with van der Waals surface area (Å²) in [7, 11) is -1.28. The van der Waals surface area contributed by atoms with Crippen molar-refractivity contribution in [3.63, 3.8) is 0 Å². The van der Waals surface area contributed by atoms with Crippen molar-refractivity contribution in [1.29, 1.82) is 0 Å². The summed E-state index contributed by atoms with van der Waals surface area (Å²) in [6, 6.07) is 31.0. The largest absolute Gasteiger partial charge is 0.405 e. The Morgan fingerprint density at radius 3 is 2.04 bits per heavy atom. The molecular weight excluding hydrogens is 597 g/mol. The number of ether oxygens (including phenoxy) is 3. The summed E-state index contributed by atoms with van der Waals surface area (Å²) in [6.45, 7) is 9.32. The first kappa shape index (κ1) is 33.5. The highest BCUT2D eigenvalue weighted by Gasteiger charge is 2.52. The van der Waals surface area contributed by atoms with Gasteiger partial charge in [-0.05, 0) is 27.9 Å². The SMILES string of the molecule is COCCO[C@H]1C(n2cc(C)c(=O)[nH]c2=O)OC(CO[Si](c2ccccc2)(c2ccccc2)C(C)(C)C)[C@H]1/C=C/c1ccccc1. The van der Waals surface area contributed by atoms with Crippen molar-refractivity contribution in [2.45, 2.75) is 51.2 Å². The zero-order valence-electron chi connectivity index (χ0n) is 27.2. The first-order valence-electron chi connectivity index (χ1n) is 15.7. The zero-order chi connectivity index (χ0) is 32.7. The second-order valence-corrected chi connectivity index (χ2v) is 17.0. The molecule has 9 heteroatoms. The monoisotopic (exact) mass is 640 g/mol. The third-order valence-electron chi connectivity index (χ3n) is 8.61. The van der Waals surface area contributed by atoms with E-state index in [1.54, 1.807) is 20.2 Å². The summed E-state index contributed by atoms with van der Waals surface area (Å²) in [6.07, 6.45) is 3.85. The van der Waals surface area contributed by atoms with E-state index in [-0.39, 0.29) is 17.6 Å². The lowest BCUT2D eigenvalue weighted by atomic mass is 9.96. The molecule has 3 aromatic carbocycles. The van der Waals surface area contributed by atoms with Crippen LogP contribution in [-0.4, -0.2) is 57.0 Å². The Kier molecular flexibility index (Phi) is 10.7. The molecule has 2 heterocycles. The number of benzene rings is 3. The Morgan fingerprint density at radius 2 is 1.48 bits per heavy atom. The van der Waals surface area contributed by atoms with Gasteiger partial charge in [0.25, 0.3) is 13.9 Å². The lowest BCUT2D eigenvalue weighted by Gasteiger charge is -2.43. The third-order valence-corrected chi connectivity index (χ3v) is 13.6. The highest BCUT2D eigenvalue weighted by molar-refractivity contribution is 6.99. The number of rotatable bonds is 12. The molecule has 4 aromatic rings. The fourth-order valence-corrected chi connectivity index (χ4v) is 10.9. The van der Waals surface area contributed by atoms with E-state index in [9.17, 15) is 9.59 Å². The Bertz CT molecular complexity index is 1660. The van der Waals surface area contributed by atoms with Gasteiger partial charge in [-0.1, -0.05) is 124 Å². The van der Waals surface area contributed by atoms with E-state index >= 15 is 0 Å². The maximum absolute atomic E-state index is 13.2. The molecule has 1 aromatic heterocycles. The van der Waals surface area contributed by atoms with E-state index in [1.807, 2.05) is 42.5 Å². The maximum Gasteiger partial charge on any atom is 0.330 e. The molecule has 0 spiro atoms. The smallest absolute Gasteiger partial charge is 0.330 e. The molecule has 242 valence electrons. The van der Waals surface area contributed by atoms with Gasteiger partial charge in [-0.15, -0.1) is 0 Å². The van der Waals surface area contributed by atoms with Crippen LogP contribution in [0.5, 0.6) is 0 Å². The fraction of sp³-hybridized carbons (Fsp3) is 0.351. The number of aryl methyl sites for hydroxylation is 1. The average molecular weight is 641 g/mol. The molecule has 4 atom stereocenters. The Morgan fingerprint density at radius 1 is 0.891 bits per heavy atom. The van der Waals surface area contributed by atoms with Crippen LogP contribution >= 0.6 is 0 Å². The highest BCUT2D eigenvalue weighted by atomic mass is 28.4. The molecule has 2 unspecified atom stereocenters. The van der Waals surface area contributed by atoms with Gasteiger partial charge in [0.1, 0.15) is 6.10 Å². The van der Waals surface area contributed by atoms with Crippen molar-refractivity contribution in [3.8, 4) is 0 Å². The summed E-state index contributed by atoms with van der Waals surface area (Å²) in [4.78, 5) is 27.9. The van der Waals surface area contributed by atoms with Crippen LogP contribution in [0, 0.1) is 12.8 Å². The van der Waals surface area contributed by atoms with Crippen LogP contribution in [0.15, 0.2) is 113 Å². The second kappa shape index (κ2) is 14.7. The molecule has 1 aliphatic rings. The van der Waals surface area contributed by atoms with Crippen molar-refractivity contribution in [2.75, 3.05) is 26.9 Å². The van der Waals surface area contributed by atoms with Crippen LogP contribution in [0.1, 0.15) is 38.1 Å². The van der Waals surface area contributed by atoms with Gasteiger partial charge < -0.3 is 18.6 Å². The lowest BCUT2D eigenvalue weighted by molar-refractivity contribution is -0.0783. The van der Waals surface area contributed by atoms with Crippen LogP contribution in [0.2, 0.25) is 5.04 Å². The quantitative estimate of drug-likeness (QED) is 0.179. The number of nitrogens with zero attached hydrogens (tertiary/aromatic N) is 1. The van der Waals surface area contributed by atoms with Crippen molar-refractivity contribution < 1.29 is 18.6 Å². The van der Waals surface area contributed by atoms with E-state index < -0.39 is 38.0 Å². The summed E-state index contributed by atoms with van der Waals surface area (Å²) in [5, 5.41) is 2.10. The van der Waals surface area contributed by atoms with Crippen LogP contribution < -0.4 is 21.6 Å². The maximum atomic E-state index is 13.2. The predicted molar refractivity (Wildman–Crippen MR) is 184 cm³/mol. The molecule has 1 aliphatic heterocycles. The number of aromatic amines is 1. The van der Waals surface area contributed by atoms with E-state index in [1.165, 1.54) is 14.9 Å². The minimum absolute atomic E-state index is 0.232. The van der Waals surface area contributed by atoms with E-state index in [4.69, 9.17) is 18.6 Å². The molecule has 0 aliphatic carbocycles. The van der Waals surface area contributed by atoms with Crippen molar-refractivity contribution >= 4 is 24.8 Å². The number of methoxy groups -OCH3 is 1. The Labute approximate surface area is 271 Å². The second-order valence-electron chi connectivity index (χ2n) is 12.7. The fourth-order valence-electron chi connectivity index (χ4n) is 6.35. The minimum Gasteiger partial charge on any atom is -0.405 e. The molecule has 46 heavy (non-hydrogen) atoms. The number of H-pyrrole nitrogens is 1. The average Bonchev–Trinajstić information content (AvgIpc) is 3.39. The summed E-state index contributed by atoms with van der Waals surface area (Å²) in [5.74, 6) is -0.292. The molecule has 8 nitrogen and oxygen atoms in total. The van der Waals surface area contributed by atoms with Gasteiger partial charge in [0.05, 0.1) is 25.9 Å². The molecule has 0 saturated carbocycles. The van der Waals surface area contributed by atoms with Crippen LogP contribution in [0.4, 0.5) is 0 Å². The van der Waals surface area contributed by atoms with Gasteiger partial charge >= 0.3 is 5.69 Å². The van der Waals surface area contributed by atoms with Gasteiger partial charge in [-0.2, -0.15) is 0 Å². The molecule has 1 saturated heterocycles. The standard InChI is InChI=1S/C37H44N2O6Si/c1-27-25-39(36(41)38-34(27)40)35-33(43-24-23-42-5)31(22-21-28-15-9-6-10-16-28)32(45-35)26-44-46(37(2,3)4,29-17-11-7-12-18-29)30-19-13-8-14-20-30/h6-22,25,31-33,35H,23-24,26H2,1-5H3,(H,38,40,41)/b22-21+/t31-,32?,33-,35?/m1/s1. The summed E-state index contributed by atoms with van der Waals surface area (Å²) < 4.78 is 27.3. The number of nitrogens with one attached hydrogen (secondary N) is 1. The van der Waals surface area contributed by atoms with E-state index in [0.29, 0.717) is 18.8 Å². The van der Waals surface area contributed by atoms with Crippen molar-refractivity contribution in [3.05, 3.63) is 135 Å². The molecule has 0 bridgehead atoms. The predicted octanol–water partition coefficient (Wildman–Crippen LogP) is 4.68. The lowest BCUT2D eigenvalue weighted by Crippen LogP contribution is -2.67. The Balaban J connectivity index is 1.60. The van der Waals surface area contributed by atoms with Gasteiger partial charge in [0.2, 0.25) is 0 Å². The summed E-state index contributed by atoms with van der Waals surface area (Å²) in [5.41, 5.74) is 0.455. The molecule has 5 rings (SSSR count). The topological polar surface area (TPSA) is 91.8 Å². The van der Waals surface area contributed by atoms with Crippen LogP contribution in [-0.2, 0) is 18.6 Å². The molecule has 1 fully saturated rings. The highest BCUT2D eigenvalue weighted by Crippen LogP contribution is 2.40. The molecule has 0 radical (unpaired) electrons. The number of aromatic nitrogens is 2. The molecule has 1 N–H and O–H groups in total. The van der Waals surface area contributed by atoms with Crippen molar-refractivity contribution in [2.24, 2.45) is 5.92 Å². The van der Waals surface area contributed by atoms with Crippen molar-refractivity contribution in [1.82, 2.24) is 9.55 Å². The minimum atomic E-state index is -2.90. The van der Waals surface area contributed by atoms with Gasteiger partial charge in [0, 0.05) is 24.8 Å². The van der Waals surface area contributed by atoms with Gasteiger partial charge in [-0.25, -0.2) is 4.79 Å². The zero-order valence-corrected chi connectivity index (χ0v) is 28.2. The molecular formula is C37H44N2O6Si. The van der Waals surface area contributed by atoms with Gasteiger partial charge in [0.15, 0.2) is 6.23 Å². The van der Waals surface area contributed by atoms with Crippen LogP contribution in [0.25, 0.3) is 6.08 Å². The van der Waals surface area contributed by atoms with E-state index in [2.05, 4.69) is 86.4 Å². The van der Waals surface area contributed by atoms with E-state index in [0.717, 1.165) is 5.56 Å². The first-order chi connectivity index (χ1) is 22.2. The third kappa shape index (κ3) is 7.09. The molecule has 0 amide bonds. The van der Waals surface area contributed by atoms with Gasteiger partial charge in [-0.3, -0.25) is 14.3 Å². The first-order valence-corrected chi connectivity index (χ1v) is 17.6.